The van der Waals surface area contributed by atoms with Crippen LogP contribution in [0.1, 0.15) is 30.0 Å². The van der Waals surface area contributed by atoms with Crippen LogP contribution in [0.5, 0.6) is 0 Å². The summed E-state index contributed by atoms with van der Waals surface area (Å²) in [5, 5.41) is 8.05. The van der Waals surface area contributed by atoms with E-state index in [9.17, 15) is 0 Å². The molecule has 19 heavy (non-hydrogen) atoms. The zero-order chi connectivity index (χ0) is 13.5. The third-order valence-electron chi connectivity index (χ3n) is 3.58. The van der Waals surface area contributed by atoms with Crippen molar-refractivity contribution in [2.24, 2.45) is 0 Å². The van der Waals surface area contributed by atoms with Crippen LogP contribution in [0.2, 0.25) is 0 Å². The molecule has 2 heteroatoms. The lowest BCUT2D eigenvalue weighted by molar-refractivity contribution is 0.490. The lowest BCUT2D eigenvalue weighted by Crippen LogP contribution is -2.31. The van der Waals surface area contributed by atoms with E-state index in [1.807, 2.05) is 0 Å². The molecule has 1 heterocycles. The van der Waals surface area contributed by atoms with E-state index in [2.05, 4.69) is 60.3 Å². The topological polar surface area (TPSA) is 12.0 Å². The molecule has 0 fully saturated rings. The van der Waals surface area contributed by atoms with Crippen LogP contribution in [0, 0.1) is 6.92 Å². The monoisotopic (exact) mass is 273 g/mol. The highest BCUT2D eigenvalue weighted by molar-refractivity contribution is 7.07. The van der Waals surface area contributed by atoms with E-state index < -0.39 is 0 Å². The third-order valence-corrected chi connectivity index (χ3v) is 4.31. The van der Waals surface area contributed by atoms with Crippen molar-refractivity contribution >= 4 is 11.3 Å². The number of benzene rings is 1. The second kappa shape index (κ2) is 7.46. The molecular formula is C17H23NS. The Morgan fingerprint density at radius 2 is 2.05 bits per heavy atom. The Balaban J connectivity index is 1.94. The van der Waals surface area contributed by atoms with Crippen molar-refractivity contribution in [3.05, 3.63) is 57.8 Å². The summed E-state index contributed by atoms with van der Waals surface area (Å²) < 4.78 is 0. The van der Waals surface area contributed by atoms with Gasteiger partial charge in [0, 0.05) is 6.04 Å². The molecule has 1 unspecified atom stereocenters. The lowest BCUT2D eigenvalue weighted by atomic mass is 9.97. The molecule has 0 aliphatic carbocycles. The Bertz CT molecular complexity index is 476. The summed E-state index contributed by atoms with van der Waals surface area (Å²) >= 11 is 1.79. The first kappa shape index (κ1) is 14.3. The third kappa shape index (κ3) is 4.48. The van der Waals surface area contributed by atoms with Gasteiger partial charge < -0.3 is 5.32 Å². The molecule has 1 aromatic carbocycles. The molecule has 2 rings (SSSR count). The molecule has 1 atom stereocenters. The maximum Gasteiger partial charge on any atom is 0.0111 e. The number of hydrogen-bond donors (Lipinski definition) is 1. The zero-order valence-electron chi connectivity index (χ0n) is 11.9. The van der Waals surface area contributed by atoms with Crippen LogP contribution in [0.15, 0.2) is 41.1 Å². The molecule has 0 saturated carbocycles. The predicted molar refractivity (Wildman–Crippen MR) is 85.0 cm³/mol. The number of aryl methyl sites for hydroxylation is 2. The lowest BCUT2D eigenvalue weighted by Gasteiger charge is -2.19. The molecule has 0 aliphatic rings. The quantitative estimate of drug-likeness (QED) is 0.797. The second-order valence-corrected chi connectivity index (χ2v) is 5.84. The summed E-state index contributed by atoms with van der Waals surface area (Å²) in [5.41, 5.74) is 4.34. The summed E-state index contributed by atoms with van der Waals surface area (Å²) in [4.78, 5) is 0. The summed E-state index contributed by atoms with van der Waals surface area (Å²) in [7, 11) is 0. The number of thiophene rings is 1. The fraction of sp³-hybridized carbons (Fsp3) is 0.412. The van der Waals surface area contributed by atoms with Gasteiger partial charge in [-0.1, -0.05) is 31.2 Å². The first-order valence-corrected chi connectivity index (χ1v) is 8.03. The normalized spacial score (nSPS) is 12.5. The van der Waals surface area contributed by atoms with Crippen LogP contribution in [-0.2, 0) is 12.8 Å². The van der Waals surface area contributed by atoms with Crippen molar-refractivity contribution in [1.29, 1.82) is 0 Å². The zero-order valence-corrected chi connectivity index (χ0v) is 12.7. The van der Waals surface area contributed by atoms with Crippen LogP contribution in [-0.4, -0.2) is 12.6 Å². The molecule has 1 aromatic heterocycles. The van der Waals surface area contributed by atoms with Crippen molar-refractivity contribution < 1.29 is 0 Å². The van der Waals surface area contributed by atoms with E-state index in [1.54, 1.807) is 11.3 Å². The van der Waals surface area contributed by atoms with E-state index in [1.165, 1.54) is 29.5 Å². The number of likely N-dealkylation sites (N-methyl/N-ethyl adjacent to an activating group) is 1. The van der Waals surface area contributed by atoms with Gasteiger partial charge in [-0.15, -0.1) is 0 Å². The van der Waals surface area contributed by atoms with Gasteiger partial charge in [0.2, 0.25) is 0 Å². The van der Waals surface area contributed by atoms with Crippen molar-refractivity contribution in [2.45, 2.75) is 39.2 Å². The highest BCUT2D eigenvalue weighted by Gasteiger charge is 2.10. The SMILES string of the molecule is CCNC(CCc1ccsc1)Cc1ccccc1C. The molecule has 0 aliphatic heterocycles. The van der Waals surface area contributed by atoms with Crippen molar-refractivity contribution in [2.75, 3.05) is 6.54 Å². The van der Waals surface area contributed by atoms with Gasteiger partial charge in [0.15, 0.2) is 0 Å². The van der Waals surface area contributed by atoms with Gasteiger partial charge >= 0.3 is 0 Å². The summed E-state index contributed by atoms with van der Waals surface area (Å²) in [6.45, 7) is 5.44. The van der Waals surface area contributed by atoms with Crippen molar-refractivity contribution in [1.82, 2.24) is 5.32 Å². The van der Waals surface area contributed by atoms with Crippen LogP contribution < -0.4 is 5.32 Å². The van der Waals surface area contributed by atoms with Crippen molar-refractivity contribution in [3.8, 4) is 0 Å². The Morgan fingerprint density at radius 3 is 2.74 bits per heavy atom. The van der Waals surface area contributed by atoms with Crippen LogP contribution >= 0.6 is 11.3 Å². The second-order valence-electron chi connectivity index (χ2n) is 5.06. The molecule has 0 amide bonds. The van der Waals surface area contributed by atoms with Crippen LogP contribution in [0.25, 0.3) is 0 Å². The minimum atomic E-state index is 0.575. The minimum absolute atomic E-state index is 0.575. The Hall–Kier alpha value is -1.12. The largest absolute Gasteiger partial charge is 0.314 e. The summed E-state index contributed by atoms with van der Waals surface area (Å²) in [6, 6.07) is 11.5. The average molecular weight is 273 g/mol. The van der Waals surface area contributed by atoms with Gasteiger partial charge in [-0.05, 0) is 66.2 Å². The minimum Gasteiger partial charge on any atom is -0.314 e. The maximum absolute atomic E-state index is 3.62. The van der Waals surface area contributed by atoms with Crippen LogP contribution in [0.3, 0.4) is 0 Å². The summed E-state index contributed by atoms with van der Waals surface area (Å²) in [6.07, 6.45) is 3.51. The van der Waals surface area contributed by atoms with Crippen LogP contribution in [0.4, 0.5) is 0 Å². The molecule has 0 bridgehead atoms. The fourth-order valence-corrected chi connectivity index (χ4v) is 3.15. The van der Waals surface area contributed by atoms with Gasteiger partial charge in [-0.25, -0.2) is 0 Å². The molecule has 1 N–H and O–H groups in total. The first-order chi connectivity index (χ1) is 9.29. The van der Waals surface area contributed by atoms with E-state index in [0.717, 1.165) is 13.0 Å². The predicted octanol–water partition coefficient (Wildman–Crippen LogP) is 4.21. The highest BCUT2D eigenvalue weighted by atomic mass is 32.1. The van der Waals surface area contributed by atoms with E-state index >= 15 is 0 Å². The molecule has 2 aromatic rings. The smallest absolute Gasteiger partial charge is 0.0111 e. The van der Waals surface area contributed by atoms with Crippen molar-refractivity contribution in [3.63, 3.8) is 0 Å². The van der Waals surface area contributed by atoms with E-state index in [0.29, 0.717) is 6.04 Å². The molecule has 0 radical (unpaired) electrons. The summed E-state index contributed by atoms with van der Waals surface area (Å²) in [5.74, 6) is 0. The molecule has 0 saturated heterocycles. The molecule has 0 spiro atoms. The molecular weight excluding hydrogens is 250 g/mol. The Labute approximate surface area is 120 Å². The van der Waals surface area contributed by atoms with Gasteiger partial charge in [-0.3, -0.25) is 0 Å². The Morgan fingerprint density at radius 1 is 1.21 bits per heavy atom. The number of rotatable bonds is 7. The standard InChI is InChI=1S/C17H23NS/c1-3-18-17(9-8-15-10-11-19-13-15)12-16-7-5-4-6-14(16)2/h4-7,10-11,13,17-18H,3,8-9,12H2,1-2H3. The van der Waals surface area contributed by atoms with Gasteiger partial charge in [-0.2, -0.15) is 11.3 Å². The Kier molecular flexibility index (Phi) is 5.62. The van der Waals surface area contributed by atoms with Gasteiger partial charge in [0.25, 0.3) is 0 Å². The highest BCUT2D eigenvalue weighted by Crippen LogP contribution is 2.14. The number of nitrogens with one attached hydrogen (secondary N) is 1. The first-order valence-electron chi connectivity index (χ1n) is 7.08. The average Bonchev–Trinajstić information content (AvgIpc) is 2.92. The maximum atomic E-state index is 3.62. The van der Waals surface area contributed by atoms with Gasteiger partial charge in [0.05, 0.1) is 0 Å². The van der Waals surface area contributed by atoms with E-state index in [-0.39, 0.29) is 0 Å². The molecule has 102 valence electrons. The van der Waals surface area contributed by atoms with Gasteiger partial charge in [0.1, 0.15) is 0 Å². The number of hydrogen-bond acceptors (Lipinski definition) is 2. The molecule has 1 nitrogen and oxygen atoms in total. The fourth-order valence-electron chi connectivity index (χ4n) is 2.45. The van der Waals surface area contributed by atoms with E-state index in [4.69, 9.17) is 0 Å².